The van der Waals surface area contributed by atoms with Crippen LogP contribution in [-0.2, 0) is 16.6 Å². The smallest absolute Gasteiger partial charge is 0.214 e. The van der Waals surface area contributed by atoms with Crippen LogP contribution in [0, 0.1) is 5.92 Å². The zero-order valence-electron chi connectivity index (χ0n) is 14.6. The normalized spacial score (nSPS) is 22.1. The van der Waals surface area contributed by atoms with Crippen LogP contribution in [0.3, 0.4) is 0 Å². The average Bonchev–Trinajstić information content (AvgIpc) is 2.85. The van der Waals surface area contributed by atoms with Gasteiger partial charge in [0.05, 0.1) is 26.1 Å². The average molecular weight is 358 g/mol. The minimum Gasteiger partial charge on any atom is -0.493 e. The van der Waals surface area contributed by atoms with Gasteiger partial charge in [0.2, 0.25) is 10.0 Å². The van der Waals surface area contributed by atoms with E-state index < -0.39 is 16.1 Å². The molecule has 0 amide bonds. The van der Waals surface area contributed by atoms with Crippen molar-refractivity contribution in [2.75, 3.05) is 47.2 Å². The zero-order chi connectivity index (χ0) is 17.9. The van der Waals surface area contributed by atoms with E-state index in [-0.39, 0.29) is 11.7 Å². The van der Waals surface area contributed by atoms with Crippen molar-refractivity contribution in [2.45, 2.75) is 12.6 Å². The molecule has 24 heavy (non-hydrogen) atoms. The summed E-state index contributed by atoms with van der Waals surface area (Å²) >= 11 is 0. The standard InChI is InChI=1S/C16H26N2O5S/c1-17(2)24(20,21)11-13-9-18(10-14(13)19)8-12-6-5-7-15(22-3)16(12)23-4/h5-7,13-14,19H,8-11H2,1-4H3/t13-,14-/m0/s1. The Morgan fingerprint density at radius 2 is 1.96 bits per heavy atom. The number of hydrogen-bond acceptors (Lipinski definition) is 6. The van der Waals surface area contributed by atoms with E-state index in [2.05, 4.69) is 0 Å². The van der Waals surface area contributed by atoms with Crippen LogP contribution in [0.2, 0.25) is 0 Å². The second-order valence-electron chi connectivity index (χ2n) is 6.24. The van der Waals surface area contributed by atoms with Gasteiger partial charge in [-0.3, -0.25) is 4.90 Å². The molecule has 7 nitrogen and oxygen atoms in total. The molecular formula is C16H26N2O5S. The summed E-state index contributed by atoms with van der Waals surface area (Å²) in [5.41, 5.74) is 0.945. The largest absolute Gasteiger partial charge is 0.493 e. The summed E-state index contributed by atoms with van der Waals surface area (Å²) in [6.45, 7) is 1.53. The molecular weight excluding hydrogens is 332 g/mol. The van der Waals surface area contributed by atoms with E-state index in [1.54, 1.807) is 14.2 Å². The minimum atomic E-state index is -3.33. The molecule has 136 valence electrons. The number of aliphatic hydroxyl groups is 1. The fourth-order valence-corrected chi connectivity index (χ4v) is 4.14. The van der Waals surface area contributed by atoms with E-state index in [0.29, 0.717) is 31.1 Å². The quantitative estimate of drug-likeness (QED) is 0.760. The molecule has 2 rings (SSSR count). The Hall–Kier alpha value is -1.35. The number of methoxy groups -OCH3 is 2. The van der Waals surface area contributed by atoms with Gasteiger partial charge >= 0.3 is 0 Å². The lowest BCUT2D eigenvalue weighted by atomic mass is 10.1. The molecule has 0 bridgehead atoms. The van der Waals surface area contributed by atoms with Crippen LogP contribution >= 0.6 is 0 Å². The molecule has 1 aliphatic rings. The molecule has 1 aromatic rings. The molecule has 1 N–H and O–H groups in total. The molecule has 0 saturated carbocycles. The molecule has 8 heteroatoms. The van der Waals surface area contributed by atoms with E-state index in [9.17, 15) is 13.5 Å². The summed E-state index contributed by atoms with van der Waals surface area (Å²) in [7, 11) is 2.86. The lowest BCUT2D eigenvalue weighted by Gasteiger charge is -2.19. The summed E-state index contributed by atoms with van der Waals surface area (Å²) < 4.78 is 36.0. The molecule has 1 fully saturated rings. The van der Waals surface area contributed by atoms with E-state index >= 15 is 0 Å². The van der Waals surface area contributed by atoms with Crippen molar-refractivity contribution in [3.8, 4) is 11.5 Å². The minimum absolute atomic E-state index is 0.0487. The Morgan fingerprint density at radius 1 is 1.25 bits per heavy atom. The van der Waals surface area contributed by atoms with Gasteiger partial charge in [-0.25, -0.2) is 12.7 Å². The van der Waals surface area contributed by atoms with Gasteiger partial charge in [0, 0.05) is 45.2 Å². The molecule has 0 unspecified atom stereocenters. The van der Waals surface area contributed by atoms with Crippen molar-refractivity contribution in [2.24, 2.45) is 5.92 Å². The first-order valence-electron chi connectivity index (χ1n) is 7.79. The molecule has 1 aromatic carbocycles. The van der Waals surface area contributed by atoms with Crippen molar-refractivity contribution in [1.29, 1.82) is 0 Å². The fourth-order valence-electron chi connectivity index (χ4n) is 2.97. The highest BCUT2D eigenvalue weighted by Crippen LogP contribution is 2.32. The van der Waals surface area contributed by atoms with Gasteiger partial charge < -0.3 is 14.6 Å². The monoisotopic (exact) mass is 358 g/mol. The zero-order valence-corrected chi connectivity index (χ0v) is 15.4. The van der Waals surface area contributed by atoms with Gasteiger partial charge in [-0.2, -0.15) is 0 Å². The third-order valence-corrected chi connectivity index (χ3v) is 6.30. The maximum absolute atomic E-state index is 12.0. The summed E-state index contributed by atoms with van der Waals surface area (Å²) in [5, 5.41) is 10.2. The number of benzene rings is 1. The van der Waals surface area contributed by atoms with Gasteiger partial charge in [-0.05, 0) is 6.07 Å². The lowest BCUT2D eigenvalue weighted by molar-refractivity contribution is 0.148. The van der Waals surface area contributed by atoms with Crippen LogP contribution in [0.25, 0.3) is 0 Å². The number of hydrogen-bond donors (Lipinski definition) is 1. The maximum atomic E-state index is 12.0. The molecule has 1 saturated heterocycles. The number of nitrogens with zero attached hydrogens (tertiary/aromatic N) is 2. The van der Waals surface area contributed by atoms with Crippen molar-refractivity contribution in [1.82, 2.24) is 9.21 Å². The van der Waals surface area contributed by atoms with Crippen molar-refractivity contribution < 1.29 is 23.0 Å². The van der Waals surface area contributed by atoms with Gasteiger partial charge in [-0.15, -0.1) is 0 Å². The lowest BCUT2D eigenvalue weighted by Crippen LogP contribution is -2.33. The Labute approximate surface area is 143 Å². The first-order valence-corrected chi connectivity index (χ1v) is 9.40. The number of rotatable bonds is 7. The van der Waals surface area contributed by atoms with Crippen LogP contribution in [0.5, 0.6) is 11.5 Å². The highest BCUT2D eigenvalue weighted by atomic mass is 32.2. The van der Waals surface area contributed by atoms with Gasteiger partial charge in [0.25, 0.3) is 0 Å². The predicted molar refractivity (Wildman–Crippen MR) is 91.8 cm³/mol. The molecule has 2 atom stereocenters. The van der Waals surface area contributed by atoms with E-state index in [0.717, 1.165) is 5.56 Å². The summed E-state index contributed by atoms with van der Waals surface area (Å²) in [6.07, 6.45) is -0.656. The molecule has 0 aliphatic carbocycles. The third kappa shape index (κ3) is 4.18. The molecule has 0 radical (unpaired) electrons. The molecule has 0 aromatic heterocycles. The third-order valence-electron chi connectivity index (χ3n) is 4.34. The Morgan fingerprint density at radius 3 is 2.54 bits per heavy atom. The van der Waals surface area contributed by atoms with Crippen molar-refractivity contribution in [3.63, 3.8) is 0 Å². The van der Waals surface area contributed by atoms with Gasteiger partial charge in [0.15, 0.2) is 11.5 Å². The Kier molecular flexibility index (Phi) is 6.08. The first-order chi connectivity index (χ1) is 11.3. The van der Waals surface area contributed by atoms with Crippen LogP contribution in [-0.4, -0.2) is 76.0 Å². The highest BCUT2D eigenvalue weighted by molar-refractivity contribution is 7.89. The fraction of sp³-hybridized carbons (Fsp3) is 0.625. The second-order valence-corrected chi connectivity index (χ2v) is 8.46. The summed E-state index contributed by atoms with van der Waals surface area (Å²) in [4.78, 5) is 2.04. The number of likely N-dealkylation sites (tertiary alicyclic amines) is 1. The molecule has 0 spiro atoms. The number of ether oxygens (including phenoxy) is 2. The topological polar surface area (TPSA) is 79.3 Å². The van der Waals surface area contributed by atoms with Crippen LogP contribution in [0.4, 0.5) is 0 Å². The Bertz CT molecular complexity index is 662. The van der Waals surface area contributed by atoms with Crippen LogP contribution < -0.4 is 9.47 Å². The number of aliphatic hydroxyl groups excluding tert-OH is 1. The van der Waals surface area contributed by atoms with Gasteiger partial charge in [-0.1, -0.05) is 12.1 Å². The Balaban J connectivity index is 2.08. The SMILES string of the molecule is COc1cccc(CN2C[C@@H](CS(=O)(=O)N(C)C)[C@@H](O)C2)c1OC. The maximum Gasteiger partial charge on any atom is 0.214 e. The van der Waals surface area contributed by atoms with Crippen LogP contribution in [0.1, 0.15) is 5.56 Å². The number of sulfonamides is 1. The van der Waals surface area contributed by atoms with Crippen molar-refractivity contribution >= 4 is 10.0 Å². The predicted octanol–water partition coefficient (Wildman–Crippen LogP) is 0.388. The van der Waals surface area contributed by atoms with E-state index in [4.69, 9.17) is 9.47 Å². The van der Waals surface area contributed by atoms with Crippen LogP contribution in [0.15, 0.2) is 18.2 Å². The van der Waals surface area contributed by atoms with E-state index in [1.165, 1.54) is 18.4 Å². The van der Waals surface area contributed by atoms with Gasteiger partial charge in [0.1, 0.15) is 0 Å². The van der Waals surface area contributed by atoms with Crippen molar-refractivity contribution in [3.05, 3.63) is 23.8 Å². The molecule has 1 aliphatic heterocycles. The number of para-hydroxylation sites is 1. The molecule has 1 heterocycles. The second kappa shape index (κ2) is 7.69. The summed E-state index contributed by atoms with van der Waals surface area (Å²) in [6, 6.07) is 5.66. The summed E-state index contributed by atoms with van der Waals surface area (Å²) in [5.74, 6) is 0.974. The highest BCUT2D eigenvalue weighted by Gasteiger charge is 2.35. The number of β-amino-alcohol motifs (C(OH)–C–C–N with tert-alkyl or cyclic N) is 1. The van der Waals surface area contributed by atoms with E-state index in [1.807, 2.05) is 23.1 Å². The first kappa shape index (κ1) is 19.0.